The predicted molar refractivity (Wildman–Crippen MR) is 102 cm³/mol. The van der Waals surface area contributed by atoms with Crippen LogP contribution < -0.4 is 10.9 Å². The van der Waals surface area contributed by atoms with Gasteiger partial charge in [0.25, 0.3) is 11.5 Å². The highest BCUT2D eigenvalue weighted by molar-refractivity contribution is 6.30. The molecule has 0 radical (unpaired) electrons. The molecule has 2 aromatic carbocycles. The Hall–Kier alpha value is -2.59. The smallest absolute Gasteiger partial charge is 0.251 e. The van der Waals surface area contributed by atoms with Gasteiger partial charge in [0.1, 0.15) is 0 Å². The summed E-state index contributed by atoms with van der Waals surface area (Å²) in [6.45, 7) is 4.46. The van der Waals surface area contributed by atoms with Crippen molar-refractivity contribution in [3.05, 3.63) is 80.1 Å². The molecule has 1 heterocycles. The SMILES string of the molecule is Cc1cc2cc(CCNC(=O)c3ccc(Cl)cc3)c(=O)[nH]c2cc1C. The highest BCUT2D eigenvalue weighted by Crippen LogP contribution is 2.17. The van der Waals surface area contributed by atoms with E-state index in [1.165, 1.54) is 5.56 Å². The molecule has 3 aromatic rings. The zero-order valence-electron chi connectivity index (χ0n) is 14.2. The van der Waals surface area contributed by atoms with Gasteiger partial charge in [0.05, 0.1) is 0 Å². The average molecular weight is 355 g/mol. The fraction of sp³-hybridized carbons (Fsp3) is 0.200. The molecular weight excluding hydrogens is 336 g/mol. The maximum absolute atomic E-state index is 12.2. The maximum Gasteiger partial charge on any atom is 0.251 e. The number of aryl methyl sites for hydroxylation is 2. The molecular formula is C20H19ClN2O2. The lowest BCUT2D eigenvalue weighted by Gasteiger charge is -2.08. The predicted octanol–water partition coefficient (Wildman–Crippen LogP) is 3.77. The van der Waals surface area contributed by atoms with Crippen LogP contribution in [-0.4, -0.2) is 17.4 Å². The summed E-state index contributed by atoms with van der Waals surface area (Å²) in [6.07, 6.45) is 0.470. The summed E-state index contributed by atoms with van der Waals surface area (Å²) in [6, 6.07) is 12.6. The Morgan fingerprint density at radius 1 is 1.08 bits per heavy atom. The minimum Gasteiger partial charge on any atom is -0.352 e. The quantitative estimate of drug-likeness (QED) is 0.749. The minimum absolute atomic E-state index is 0.114. The van der Waals surface area contributed by atoms with Crippen LogP contribution in [0.4, 0.5) is 0 Å². The number of hydrogen-bond donors (Lipinski definition) is 2. The Bertz CT molecular complexity index is 991. The zero-order chi connectivity index (χ0) is 18.0. The minimum atomic E-state index is -0.180. The number of benzene rings is 2. The number of pyridine rings is 1. The number of aromatic nitrogens is 1. The summed E-state index contributed by atoms with van der Waals surface area (Å²) in [5.41, 5.74) is 4.25. The van der Waals surface area contributed by atoms with Crippen molar-refractivity contribution in [2.24, 2.45) is 0 Å². The highest BCUT2D eigenvalue weighted by atomic mass is 35.5. The largest absolute Gasteiger partial charge is 0.352 e. The van der Waals surface area contributed by atoms with Gasteiger partial charge in [0.2, 0.25) is 0 Å². The molecule has 0 bridgehead atoms. The van der Waals surface area contributed by atoms with Gasteiger partial charge in [-0.05, 0) is 79.2 Å². The summed E-state index contributed by atoms with van der Waals surface area (Å²) in [4.78, 5) is 27.2. The monoisotopic (exact) mass is 354 g/mol. The number of carbonyl (C=O) groups is 1. The Kier molecular flexibility index (Phi) is 4.91. The van der Waals surface area contributed by atoms with Crippen LogP contribution in [0.5, 0.6) is 0 Å². The van der Waals surface area contributed by atoms with E-state index in [0.717, 1.165) is 16.5 Å². The second-order valence-corrected chi connectivity index (χ2v) is 6.60. The third kappa shape index (κ3) is 3.91. The first-order chi connectivity index (χ1) is 11.9. The molecule has 3 rings (SSSR count). The molecule has 0 spiro atoms. The summed E-state index contributed by atoms with van der Waals surface area (Å²) in [7, 11) is 0. The molecule has 0 saturated heterocycles. The summed E-state index contributed by atoms with van der Waals surface area (Å²) in [5.74, 6) is -0.180. The van der Waals surface area contributed by atoms with Gasteiger partial charge in [0, 0.05) is 28.2 Å². The molecule has 1 aromatic heterocycles. The number of halogens is 1. The van der Waals surface area contributed by atoms with Crippen LogP contribution in [0.1, 0.15) is 27.0 Å². The third-order valence-electron chi connectivity index (χ3n) is 4.32. The number of amides is 1. The lowest BCUT2D eigenvalue weighted by Crippen LogP contribution is -2.27. The number of hydrogen-bond acceptors (Lipinski definition) is 2. The van der Waals surface area contributed by atoms with Gasteiger partial charge in [-0.15, -0.1) is 0 Å². The van der Waals surface area contributed by atoms with Crippen LogP contribution >= 0.6 is 11.6 Å². The lowest BCUT2D eigenvalue weighted by molar-refractivity contribution is 0.0954. The van der Waals surface area contributed by atoms with Gasteiger partial charge >= 0.3 is 0 Å². The number of aromatic amines is 1. The first-order valence-electron chi connectivity index (χ1n) is 8.11. The van der Waals surface area contributed by atoms with E-state index >= 15 is 0 Å². The number of carbonyl (C=O) groups excluding carboxylic acids is 1. The van der Waals surface area contributed by atoms with Crippen molar-refractivity contribution in [1.82, 2.24) is 10.3 Å². The van der Waals surface area contributed by atoms with Crippen molar-refractivity contribution in [3.8, 4) is 0 Å². The summed E-state index contributed by atoms with van der Waals surface area (Å²) < 4.78 is 0. The van der Waals surface area contributed by atoms with Crippen molar-refractivity contribution < 1.29 is 4.79 Å². The number of H-pyrrole nitrogens is 1. The summed E-state index contributed by atoms with van der Waals surface area (Å²) >= 11 is 5.82. The Labute approximate surface area is 150 Å². The van der Waals surface area contributed by atoms with Crippen LogP contribution in [0.15, 0.2) is 47.3 Å². The molecule has 5 heteroatoms. The molecule has 4 nitrogen and oxygen atoms in total. The second-order valence-electron chi connectivity index (χ2n) is 6.16. The van der Waals surface area contributed by atoms with Crippen LogP contribution in [-0.2, 0) is 6.42 Å². The molecule has 128 valence electrons. The van der Waals surface area contributed by atoms with Gasteiger partial charge < -0.3 is 10.3 Å². The van der Waals surface area contributed by atoms with Gasteiger partial charge in [-0.25, -0.2) is 0 Å². The van der Waals surface area contributed by atoms with E-state index in [-0.39, 0.29) is 11.5 Å². The average Bonchev–Trinajstić information content (AvgIpc) is 2.57. The standard InChI is InChI=1S/C20H19ClN2O2/c1-12-9-16-11-15(20(25)23-18(16)10-13(12)2)7-8-22-19(24)14-3-5-17(21)6-4-14/h3-6,9-11H,7-8H2,1-2H3,(H,22,24)(H,23,25). The van der Waals surface area contributed by atoms with Crippen molar-refractivity contribution in [1.29, 1.82) is 0 Å². The Balaban J connectivity index is 1.71. The van der Waals surface area contributed by atoms with Crippen molar-refractivity contribution in [2.45, 2.75) is 20.3 Å². The van der Waals surface area contributed by atoms with Crippen molar-refractivity contribution in [2.75, 3.05) is 6.54 Å². The molecule has 2 N–H and O–H groups in total. The lowest BCUT2D eigenvalue weighted by atomic mass is 10.0. The molecule has 25 heavy (non-hydrogen) atoms. The molecule has 0 saturated carbocycles. The molecule has 0 aliphatic heterocycles. The fourth-order valence-corrected chi connectivity index (χ4v) is 2.85. The van der Waals surface area contributed by atoms with Crippen LogP contribution in [0, 0.1) is 13.8 Å². The maximum atomic E-state index is 12.2. The highest BCUT2D eigenvalue weighted by Gasteiger charge is 2.07. The first kappa shape index (κ1) is 17.2. The zero-order valence-corrected chi connectivity index (χ0v) is 14.9. The number of nitrogens with one attached hydrogen (secondary N) is 2. The van der Waals surface area contributed by atoms with E-state index in [4.69, 9.17) is 11.6 Å². The summed E-state index contributed by atoms with van der Waals surface area (Å²) in [5, 5.41) is 4.42. The van der Waals surface area contributed by atoms with Gasteiger partial charge in [-0.3, -0.25) is 9.59 Å². The van der Waals surface area contributed by atoms with Gasteiger partial charge in [-0.1, -0.05) is 11.6 Å². The number of rotatable bonds is 4. The molecule has 0 unspecified atom stereocenters. The first-order valence-corrected chi connectivity index (χ1v) is 8.49. The van der Waals surface area contributed by atoms with Crippen LogP contribution in [0.25, 0.3) is 10.9 Å². The van der Waals surface area contributed by atoms with Crippen LogP contribution in [0.2, 0.25) is 5.02 Å². The van der Waals surface area contributed by atoms with E-state index in [0.29, 0.717) is 29.1 Å². The van der Waals surface area contributed by atoms with E-state index in [1.807, 2.05) is 26.0 Å². The van der Waals surface area contributed by atoms with Crippen molar-refractivity contribution in [3.63, 3.8) is 0 Å². The topological polar surface area (TPSA) is 62.0 Å². The van der Waals surface area contributed by atoms with Crippen LogP contribution in [0.3, 0.4) is 0 Å². The molecule has 1 amide bonds. The second kappa shape index (κ2) is 7.11. The Morgan fingerprint density at radius 2 is 1.76 bits per heavy atom. The normalized spacial score (nSPS) is 10.8. The number of fused-ring (bicyclic) bond motifs is 1. The molecule has 0 fully saturated rings. The van der Waals surface area contributed by atoms with Gasteiger partial charge in [0.15, 0.2) is 0 Å². The third-order valence-corrected chi connectivity index (χ3v) is 4.57. The molecule has 0 aliphatic rings. The van der Waals surface area contributed by atoms with E-state index in [2.05, 4.69) is 16.4 Å². The van der Waals surface area contributed by atoms with Crippen molar-refractivity contribution >= 4 is 28.4 Å². The van der Waals surface area contributed by atoms with E-state index < -0.39 is 0 Å². The van der Waals surface area contributed by atoms with Gasteiger partial charge in [-0.2, -0.15) is 0 Å². The molecule has 0 aliphatic carbocycles. The fourth-order valence-electron chi connectivity index (χ4n) is 2.72. The van der Waals surface area contributed by atoms with E-state index in [9.17, 15) is 9.59 Å². The van der Waals surface area contributed by atoms with E-state index in [1.54, 1.807) is 24.3 Å². The Morgan fingerprint density at radius 3 is 2.48 bits per heavy atom. The molecule has 0 atom stereocenters.